The number of likely N-dealkylation sites (tertiary alicyclic amines) is 1. The van der Waals surface area contributed by atoms with E-state index in [1.807, 2.05) is 6.07 Å². The normalized spacial score (nSPS) is 24.2. The van der Waals surface area contributed by atoms with Crippen molar-refractivity contribution in [3.8, 4) is 11.5 Å². The van der Waals surface area contributed by atoms with E-state index >= 15 is 0 Å². The summed E-state index contributed by atoms with van der Waals surface area (Å²) in [5, 5.41) is 9.48. The van der Waals surface area contributed by atoms with Crippen LogP contribution in [0.5, 0.6) is 11.5 Å². The number of nitrogens with zero attached hydrogens (tertiary/aromatic N) is 1. The maximum atomic E-state index is 9.48. The van der Waals surface area contributed by atoms with Gasteiger partial charge in [-0.15, -0.1) is 0 Å². The first-order chi connectivity index (χ1) is 9.28. The molecule has 2 heterocycles. The Labute approximate surface area is 113 Å². The molecule has 1 saturated heterocycles. The molecule has 1 N–H and O–H groups in total. The number of phenols is 1. The minimum absolute atomic E-state index is 0.276. The van der Waals surface area contributed by atoms with E-state index in [1.165, 1.54) is 18.4 Å². The molecule has 0 aromatic heterocycles. The lowest BCUT2D eigenvalue weighted by atomic mass is 9.95. The summed E-state index contributed by atoms with van der Waals surface area (Å²) in [5.41, 5.74) is 1.21. The zero-order valence-electron chi connectivity index (χ0n) is 11.3. The Hall–Kier alpha value is -1.26. The fraction of sp³-hybridized carbons (Fsp3) is 0.600. The van der Waals surface area contributed by atoms with Crippen molar-refractivity contribution in [3.63, 3.8) is 0 Å². The monoisotopic (exact) mass is 263 g/mol. The number of hydrogen-bond acceptors (Lipinski definition) is 4. The minimum Gasteiger partial charge on any atom is -0.508 e. The molecule has 1 atom stereocenters. The number of aromatic hydroxyl groups is 1. The molecular weight excluding hydrogens is 242 g/mol. The molecule has 1 aromatic rings. The number of ether oxygens (including phenoxy) is 2. The van der Waals surface area contributed by atoms with Crippen LogP contribution in [0.1, 0.15) is 24.4 Å². The van der Waals surface area contributed by atoms with Crippen molar-refractivity contribution in [1.29, 1.82) is 0 Å². The molecule has 2 aliphatic rings. The van der Waals surface area contributed by atoms with Crippen LogP contribution in [0.4, 0.5) is 0 Å². The van der Waals surface area contributed by atoms with E-state index < -0.39 is 0 Å². The third-order valence-electron chi connectivity index (χ3n) is 4.25. The predicted molar refractivity (Wildman–Crippen MR) is 72.5 cm³/mol. The molecule has 2 aliphatic heterocycles. The molecule has 1 fully saturated rings. The van der Waals surface area contributed by atoms with Crippen LogP contribution in [0.3, 0.4) is 0 Å². The average Bonchev–Trinajstić information content (AvgIpc) is 2.83. The second kappa shape index (κ2) is 5.39. The van der Waals surface area contributed by atoms with Crippen LogP contribution in [0, 0.1) is 5.92 Å². The number of fused-ring (bicyclic) bond motifs is 1. The Morgan fingerprint density at radius 3 is 2.89 bits per heavy atom. The summed E-state index contributed by atoms with van der Waals surface area (Å²) in [5.74, 6) is 1.81. The summed E-state index contributed by atoms with van der Waals surface area (Å²) in [6, 6.07) is 5.80. The SMILES string of the molecule is COCC1CCN(C2COc3cc(O)ccc32)CC1. The number of piperidine rings is 1. The van der Waals surface area contributed by atoms with E-state index in [1.54, 1.807) is 19.2 Å². The molecule has 0 amide bonds. The maximum absolute atomic E-state index is 9.48. The van der Waals surface area contributed by atoms with Crippen molar-refractivity contribution >= 4 is 0 Å². The van der Waals surface area contributed by atoms with Gasteiger partial charge in [0.25, 0.3) is 0 Å². The molecule has 3 rings (SSSR count). The largest absolute Gasteiger partial charge is 0.508 e. The standard InChI is InChI=1S/C15H21NO3/c1-18-9-11-4-6-16(7-5-11)14-10-19-15-8-12(17)2-3-13(14)15/h2-3,8,11,14,17H,4-7,9-10H2,1H3. The van der Waals surface area contributed by atoms with Crippen molar-refractivity contribution in [2.75, 3.05) is 33.4 Å². The predicted octanol–water partition coefficient (Wildman–Crippen LogP) is 2.18. The molecule has 4 nitrogen and oxygen atoms in total. The molecule has 104 valence electrons. The van der Waals surface area contributed by atoms with E-state index in [2.05, 4.69) is 4.90 Å². The molecule has 0 spiro atoms. The van der Waals surface area contributed by atoms with E-state index in [0.717, 1.165) is 25.4 Å². The number of phenolic OH excluding ortho intramolecular Hbond substituents is 1. The van der Waals surface area contributed by atoms with Crippen LogP contribution < -0.4 is 4.74 Å². The molecule has 1 unspecified atom stereocenters. The highest BCUT2D eigenvalue weighted by Gasteiger charge is 2.32. The molecule has 0 radical (unpaired) electrons. The van der Waals surface area contributed by atoms with E-state index in [-0.39, 0.29) is 5.75 Å². The van der Waals surface area contributed by atoms with Crippen molar-refractivity contribution in [3.05, 3.63) is 23.8 Å². The Bertz CT molecular complexity index is 441. The molecule has 0 bridgehead atoms. The Morgan fingerprint density at radius 2 is 2.16 bits per heavy atom. The third kappa shape index (κ3) is 2.55. The fourth-order valence-electron chi connectivity index (χ4n) is 3.15. The Morgan fingerprint density at radius 1 is 1.37 bits per heavy atom. The number of benzene rings is 1. The first kappa shape index (κ1) is 12.8. The van der Waals surface area contributed by atoms with Crippen LogP contribution in [0.15, 0.2) is 18.2 Å². The van der Waals surface area contributed by atoms with Gasteiger partial charge in [-0.3, -0.25) is 4.90 Å². The van der Waals surface area contributed by atoms with Crippen LogP contribution in [-0.4, -0.2) is 43.4 Å². The molecule has 4 heteroatoms. The van der Waals surface area contributed by atoms with Crippen molar-refractivity contribution in [2.24, 2.45) is 5.92 Å². The lowest BCUT2D eigenvalue weighted by Gasteiger charge is -2.35. The van der Waals surface area contributed by atoms with Gasteiger partial charge >= 0.3 is 0 Å². The highest BCUT2D eigenvalue weighted by molar-refractivity contribution is 5.44. The zero-order valence-corrected chi connectivity index (χ0v) is 11.3. The lowest BCUT2D eigenvalue weighted by molar-refractivity contribution is 0.0726. The first-order valence-electron chi connectivity index (χ1n) is 6.96. The number of methoxy groups -OCH3 is 1. The quantitative estimate of drug-likeness (QED) is 0.907. The van der Waals surface area contributed by atoms with Crippen molar-refractivity contribution in [1.82, 2.24) is 4.90 Å². The highest BCUT2D eigenvalue weighted by Crippen LogP contribution is 2.39. The third-order valence-corrected chi connectivity index (χ3v) is 4.25. The summed E-state index contributed by atoms with van der Waals surface area (Å²) in [6.45, 7) is 3.78. The molecule has 0 saturated carbocycles. The topological polar surface area (TPSA) is 41.9 Å². The fourth-order valence-corrected chi connectivity index (χ4v) is 3.15. The first-order valence-corrected chi connectivity index (χ1v) is 6.96. The van der Waals surface area contributed by atoms with Crippen LogP contribution >= 0.6 is 0 Å². The van der Waals surface area contributed by atoms with E-state index in [9.17, 15) is 5.11 Å². The van der Waals surface area contributed by atoms with Crippen LogP contribution in [0.25, 0.3) is 0 Å². The molecule has 0 aliphatic carbocycles. The van der Waals surface area contributed by atoms with E-state index in [0.29, 0.717) is 18.6 Å². The summed E-state index contributed by atoms with van der Waals surface area (Å²) in [4.78, 5) is 2.50. The van der Waals surface area contributed by atoms with Gasteiger partial charge < -0.3 is 14.6 Å². The average molecular weight is 263 g/mol. The van der Waals surface area contributed by atoms with Gasteiger partial charge in [0.05, 0.1) is 6.04 Å². The van der Waals surface area contributed by atoms with Gasteiger partial charge in [0.1, 0.15) is 18.1 Å². The van der Waals surface area contributed by atoms with Crippen LogP contribution in [0.2, 0.25) is 0 Å². The van der Waals surface area contributed by atoms with Gasteiger partial charge in [0.2, 0.25) is 0 Å². The van der Waals surface area contributed by atoms with Gasteiger partial charge in [-0.2, -0.15) is 0 Å². The summed E-state index contributed by atoms with van der Waals surface area (Å²) >= 11 is 0. The maximum Gasteiger partial charge on any atom is 0.127 e. The van der Waals surface area contributed by atoms with Crippen molar-refractivity contribution < 1.29 is 14.6 Å². The van der Waals surface area contributed by atoms with Gasteiger partial charge in [-0.1, -0.05) is 0 Å². The van der Waals surface area contributed by atoms with Gasteiger partial charge in [-0.25, -0.2) is 0 Å². The summed E-state index contributed by atoms with van der Waals surface area (Å²) < 4.78 is 10.9. The van der Waals surface area contributed by atoms with E-state index in [4.69, 9.17) is 9.47 Å². The number of rotatable bonds is 3. The van der Waals surface area contributed by atoms with Crippen LogP contribution in [-0.2, 0) is 4.74 Å². The Balaban J connectivity index is 1.66. The second-order valence-electron chi connectivity index (χ2n) is 5.48. The number of hydrogen-bond donors (Lipinski definition) is 1. The smallest absolute Gasteiger partial charge is 0.127 e. The van der Waals surface area contributed by atoms with Gasteiger partial charge in [0, 0.05) is 25.3 Å². The highest BCUT2D eigenvalue weighted by atomic mass is 16.5. The van der Waals surface area contributed by atoms with Crippen molar-refractivity contribution in [2.45, 2.75) is 18.9 Å². The Kier molecular flexibility index (Phi) is 3.62. The zero-order chi connectivity index (χ0) is 13.2. The van der Waals surface area contributed by atoms with Gasteiger partial charge in [-0.05, 0) is 44.0 Å². The minimum atomic E-state index is 0.276. The molecule has 19 heavy (non-hydrogen) atoms. The lowest BCUT2D eigenvalue weighted by Crippen LogP contribution is -2.38. The second-order valence-corrected chi connectivity index (χ2v) is 5.48. The van der Waals surface area contributed by atoms with Gasteiger partial charge in [0.15, 0.2) is 0 Å². The molecule has 1 aromatic carbocycles. The summed E-state index contributed by atoms with van der Waals surface area (Å²) in [7, 11) is 1.78. The molecular formula is C15H21NO3. The summed E-state index contributed by atoms with van der Waals surface area (Å²) in [6.07, 6.45) is 2.38.